The Kier molecular flexibility index (Phi) is 4.59. The summed E-state index contributed by atoms with van der Waals surface area (Å²) in [5, 5.41) is 3.18. The molecule has 7 rings (SSSR count). The Labute approximate surface area is 203 Å². The molecule has 0 aliphatic heterocycles. The van der Waals surface area contributed by atoms with E-state index in [1.807, 2.05) is 42.5 Å². The van der Waals surface area contributed by atoms with Crippen LogP contribution in [0.15, 0.2) is 114 Å². The van der Waals surface area contributed by atoms with Gasteiger partial charge in [0, 0.05) is 27.3 Å². The summed E-state index contributed by atoms with van der Waals surface area (Å²) in [6.07, 6.45) is 8.99. The molecule has 0 spiro atoms. The highest BCUT2D eigenvalue weighted by Crippen LogP contribution is 2.37. The van der Waals surface area contributed by atoms with Crippen molar-refractivity contribution in [3.05, 3.63) is 115 Å². The monoisotopic (exact) mass is 450 g/mol. The topological polar surface area (TPSA) is 38.9 Å². The van der Waals surface area contributed by atoms with Crippen LogP contribution in [0.1, 0.15) is 18.4 Å². The van der Waals surface area contributed by atoms with Crippen LogP contribution in [-0.2, 0) is 0 Å². The molecule has 0 bridgehead atoms. The average molecular weight is 451 g/mol. The molecule has 0 saturated carbocycles. The quantitative estimate of drug-likeness (QED) is 0.271. The maximum atomic E-state index is 6.12. The fourth-order valence-electron chi connectivity index (χ4n) is 5.03. The first-order chi connectivity index (χ1) is 17.3. The van der Waals surface area contributed by atoms with Gasteiger partial charge >= 0.3 is 0 Å². The van der Waals surface area contributed by atoms with Crippen LogP contribution >= 0.6 is 0 Å². The van der Waals surface area contributed by atoms with Gasteiger partial charge in [0.2, 0.25) is 0 Å². The molecule has 0 amide bonds. The van der Waals surface area contributed by atoms with Crippen molar-refractivity contribution in [2.24, 2.45) is 0 Å². The van der Waals surface area contributed by atoms with Gasteiger partial charge in [-0.15, -0.1) is 0 Å². The smallest absolute Gasteiger partial charge is 0.161 e. The third kappa shape index (κ3) is 3.36. The highest BCUT2D eigenvalue weighted by molar-refractivity contribution is 6.12. The summed E-state index contributed by atoms with van der Waals surface area (Å²) in [6, 6.07) is 31.2. The summed E-state index contributed by atoms with van der Waals surface area (Å²) in [7, 11) is 0. The Morgan fingerprint density at radius 3 is 2.26 bits per heavy atom. The fraction of sp³-hybridized carbons (Fsp3) is 0.0625. The Bertz CT molecular complexity index is 1790. The third-order valence-corrected chi connectivity index (χ3v) is 6.73. The van der Waals surface area contributed by atoms with Gasteiger partial charge < -0.3 is 4.42 Å². The molecule has 0 fully saturated rings. The van der Waals surface area contributed by atoms with Crippen LogP contribution in [0.2, 0.25) is 0 Å². The number of aromatic nitrogens is 2. The highest BCUT2D eigenvalue weighted by Gasteiger charge is 2.17. The standard InChI is InChI=1S/C32H22N2O/c1-2-9-21(10-3-1)22-17-19-23(20-18-22)31-24-11-4-6-14-27(24)33-32(34-31)26-13-8-16-29-30(26)25-12-5-7-15-28(25)35-29/h2,4-20H,1,3H2. The molecule has 2 aromatic heterocycles. The fourth-order valence-corrected chi connectivity index (χ4v) is 5.03. The number of nitrogens with zero attached hydrogens (tertiary/aromatic N) is 2. The van der Waals surface area contributed by atoms with Crippen molar-refractivity contribution < 1.29 is 4.42 Å². The molecule has 0 saturated heterocycles. The van der Waals surface area contributed by atoms with E-state index in [0.29, 0.717) is 5.82 Å². The number of furan rings is 1. The zero-order chi connectivity index (χ0) is 23.2. The Morgan fingerprint density at radius 2 is 1.40 bits per heavy atom. The van der Waals surface area contributed by atoms with E-state index < -0.39 is 0 Å². The van der Waals surface area contributed by atoms with E-state index in [0.717, 1.165) is 62.5 Å². The zero-order valence-corrected chi connectivity index (χ0v) is 19.1. The lowest BCUT2D eigenvalue weighted by atomic mass is 9.97. The lowest BCUT2D eigenvalue weighted by Gasteiger charge is -2.12. The molecule has 1 aliphatic rings. The van der Waals surface area contributed by atoms with Gasteiger partial charge in [-0.3, -0.25) is 0 Å². The maximum Gasteiger partial charge on any atom is 0.161 e. The van der Waals surface area contributed by atoms with Crippen molar-refractivity contribution in [2.45, 2.75) is 12.8 Å². The van der Waals surface area contributed by atoms with Crippen LogP contribution in [0.3, 0.4) is 0 Å². The molecule has 6 aromatic rings. The van der Waals surface area contributed by atoms with Gasteiger partial charge in [0.05, 0.1) is 11.2 Å². The molecule has 2 heterocycles. The molecule has 3 nitrogen and oxygen atoms in total. The molecule has 3 heteroatoms. The van der Waals surface area contributed by atoms with Crippen LogP contribution in [0.25, 0.3) is 61.1 Å². The molecule has 0 radical (unpaired) electrons. The summed E-state index contributed by atoms with van der Waals surface area (Å²) in [6.45, 7) is 0. The minimum atomic E-state index is 0.706. The van der Waals surface area contributed by atoms with Crippen molar-refractivity contribution in [3.63, 3.8) is 0 Å². The van der Waals surface area contributed by atoms with Gasteiger partial charge in [0.1, 0.15) is 11.2 Å². The first-order valence-corrected chi connectivity index (χ1v) is 12.0. The van der Waals surface area contributed by atoms with Gasteiger partial charge in [-0.1, -0.05) is 91.0 Å². The Morgan fingerprint density at radius 1 is 0.629 bits per heavy atom. The minimum absolute atomic E-state index is 0.706. The maximum absolute atomic E-state index is 6.12. The predicted octanol–water partition coefficient (Wildman–Crippen LogP) is 8.60. The first kappa shape index (κ1) is 19.9. The molecular weight excluding hydrogens is 428 g/mol. The van der Waals surface area contributed by atoms with Gasteiger partial charge in [0.15, 0.2) is 5.82 Å². The number of para-hydroxylation sites is 2. The number of hydrogen-bond acceptors (Lipinski definition) is 3. The summed E-state index contributed by atoms with van der Waals surface area (Å²) in [5.74, 6) is 0.706. The van der Waals surface area contributed by atoms with Crippen LogP contribution in [-0.4, -0.2) is 9.97 Å². The van der Waals surface area contributed by atoms with Gasteiger partial charge in [-0.05, 0) is 42.2 Å². The summed E-state index contributed by atoms with van der Waals surface area (Å²) >= 11 is 0. The van der Waals surface area contributed by atoms with E-state index in [-0.39, 0.29) is 0 Å². The van der Waals surface area contributed by atoms with Gasteiger partial charge in [-0.2, -0.15) is 0 Å². The van der Waals surface area contributed by atoms with Crippen LogP contribution < -0.4 is 0 Å². The van der Waals surface area contributed by atoms with Crippen LogP contribution in [0.5, 0.6) is 0 Å². The second-order valence-corrected chi connectivity index (χ2v) is 8.91. The van der Waals surface area contributed by atoms with E-state index in [4.69, 9.17) is 14.4 Å². The summed E-state index contributed by atoms with van der Waals surface area (Å²) < 4.78 is 6.12. The molecule has 1 aliphatic carbocycles. The molecule has 0 unspecified atom stereocenters. The molecular formula is C32H22N2O. The van der Waals surface area contributed by atoms with E-state index >= 15 is 0 Å². The van der Waals surface area contributed by atoms with Gasteiger partial charge in [-0.25, -0.2) is 9.97 Å². The second kappa shape index (κ2) is 8.07. The van der Waals surface area contributed by atoms with E-state index in [2.05, 4.69) is 66.8 Å². The second-order valence-electron chi connectivity index (χ2n) is 8.91. The molecule has 0 N–H and O–H groups in total. The number of fused-ring (bicyclic) bond motifs is 4. The number of hydrogen-bond donors (Lipinski definition) is 0. The largest absolute Gasteiger partial charge is 0.456 e. The molecule has 0 atom stereocenters. The number of rotatable bonds is 3. The SMILES string of the molecule is C1=CC(c2ccc(-c3nc(-c4cccc5oc6ccccc6c45)nc4ccccc34)cc2)=CCC1. The Balaban J connectivity index is 1.43. The van der Waals surface area contributed by atoms with E-state index in [1.165, 1.54) is 11.1 Å². The summed E-state index contributed by atoms with van der Waals surface area (Å²) in [4.78, 5) is 10.1. The van der Waals surface area contributed by atoms with Gasteiger partial charge in [0.25, 0.3) is 0 Å². The summed E-state index contributed by atoms with van der Waals surface area (Å²) in [5.41, 5.74) is 8.17. The van der Waals surface area contributed by atoms with E-state index in [1.54, 1.807) is 0 Å². The normalized spacial score (nSPS) is 13.5. The highest BCUT2D eigenvalue weighted by atomic mass is 16.3. The average Bonchev–Trinajstić information content (AvgIpc) is 3.32. The van der Waals surface area contributed by atoms with Crippen molar-refractivity contribution in [3.8, 4) is 22.6 Å². The van der Waals surface area contributed by atoms with E-state index in [9.17, 15) is 0 Å². The number of allylic oxidation sites excluding steroid dienone is 4. The van der Waals surface area contributed by atoms with Crippen LogP contribution in [0, 0.1) is 0 Å². The lowest BCUT2D eigenvalue weighted by Crippen LogP contribution is -1.96. The predicted molar refractivity (Wildman–Crippen MR) is 144 cm³/mol. The Hall–Kier alpha value is -4.50. The van der Waals surface area contributed by atoms with Crippen molar-refractivity contribution >= 4 is 38.4 Å². The number of benzene rings is 4. The molecule has 166 valence electrons. The van der Waals surface area contributed by atoms with Crippen molar-refractivity contribution in [1.82, 2.24) is 9.97 Å². The molecule has 4 aromatic carbocycles. The minimum Gasteiger partial charge on any atom is -0.456 e. The van der Waals surface area contributed by atoms with Crippen LogP contribution in [0.4, 0.5) is 0 Å². The first-order valence-electron chi connectivity index (χ1n) is 12.0. The third-order valence-electron chi connectivity index (χ3n) is 6.73. The van der Waals surface area contributed by atoms with Crippen molar-refractivity contribution in [2.75, 3.05) is 0 Å². The van der Waals surface area contributed by atoms with Crippen molar-refractivity contribution in [1.29, 1.82) is 0 Å². The lowest BCUT2D eigenvalue weighted by molar-refractivity contribution is 0.669. The molecule has 35 heavy (non-hydrogen) atoms. The zero-order valence-electron chi connectivity index (χ0n) is 19.1.